The number of carbonyl (C=O) groups excluding carboxylic acids is 1. The predicted molar refractivity (Wildman–Crippen MR) is 120 cm³/mol. The Balaban J connectivity index is 1.84. The van der Waals surface area contributed by atoms with E-state index in [0.29, 0.717) is 22.9 Å². The molecule has 0 radical (unpaired) electrons. The molecule has 0 saturated heterocycles. The van der Waals surface area contributed by atoms with Gasteiger partial charge in [0.2, 0.25) is 0 Å². The summed E-state index contributed by atoms with van der Waals surface area (Å²) >= 11 is 6.11. The van der Waals surface area contributed by atoms with Gasteiger partial charge in [-0.1, -0.05) is 41.9 Å². The molecule has 0 atom stereocenters. The van der Waals surface area contributed by atoms with Gasteiger partial charge in [-0.3, -0.25) is 4.79 Å². The number of anilines is 1. The van der Waals surface area contributed by atoms with Crippen LogP contribution in [0.2, 0.25) is 5.02 Å². The number of nitrogens with one attached hydrogen (secondary N) is 1. The van der Waals surface area contributed by atoms with Crippen molar-refractivity contribution < 1.29 is 13.9 Å². The number of rotatable bonds is 6. The number of hydrogen-bond donors (Lipinski definition) is 1. The fourth-order valence-corrected chi connectivity index (χ4v) is 3.05. The zero-order valence-electron chi connectivity index (χ0n) is 17.1. The molecule has 31 heavy (non-hydrogen) atoms. The monoisotopic (exact) mass is 434 g/mol. The zero-order valence-corrected chi connectivity index (χ0v) is 17.8. The van der Waals surface area contributed by atoms with Crippen LogP contribution in [0.4, 0.5) is 10.1 Å². The Labute approximate surface area is 185 Å². The average Bonchev–Trinajstić information content (AvgIpc) is 2.75. The summed E-state index contributed by atoms with van der Waals surface area (Å²) in [5, 5.41) is 12.3. The van der Waals surface area contributed by atoms with E-state index in [9.17, 15) is 14.4 Å². The molecule has 3 aromatic carbocycles. The van der Waals surface area contributed by atoms with Gasteiger partial charge in [-0.05, 0) is 66.9 Å². The summed E-state index contributed by atoms with van der Waals surface area (Å²) < 4.78 is 19.8. The van der Waals surface area contributed by atoms with Crippen LogP contribution in [-0.4, -0.2) is 5.91 Å². The van der Waals surface area contributed by atoms with Gasteiger partial charge in [-0.15, -0.1) is 0 Å². The lowest BCUT2D eigenvalue weighted by Gasteiger charge is -2.12. The Kier molecular flexibility index (Phi) is 7.07. The first-order valence-electron chi connectivity index (χ1n) is 9.53. The van der Waals surface area contributed by atoms with Crippen molar-refractivity contribution >= 4 is 29.3 Å². The van der Waals surface area contributed by atoms with Crippen molar-refractivity contribution in [3.05, 3.63) is 99.3 Å². The van der Waals surface area contributed by atoms with Gasteiger partial charge in [0.25, 0.3) is 5.91 Å². The average molecular weight is 435 g/mol. The maximum Gasteiger partial charge on any atom is 0.266 e. The summed E-state index contributed by atoms with van der Waals surface area (Å²) in [7, 11) is 0. The number of amides is 1. The van der Waals surface area contributed by atoms with Crippen LogP contribution in [0.5, 0.6) is 5.75 Å². The van der Waals surface area contributed by atoms with Gasteiger partial charge in [0.15, 0.2) is 0 Å². The Morgan fingerprint density at radius 1 is 1.13 bits per heavy atom. The van der Waals surface area contributed by atoms with Crippen LogP contribution in [0.3, 0.4) is 0 Å². The largest absolute Gasteiger partial charge is 0.488 e. The molecule has 0 fully saturated rings. The molecule has 0 aliphatic heterocycles. The van der Waals surface area contributed by atoms with Crippen molar-refractivity contribution in [2.24, 2.45) is 0 Å². The van der Waals surface area contributed by atoms with Crippen molar-refractivity contribution in [1.82, 2.24) is 0 Å². The van der Waals surface area contributed by atoms with E-state index >= 15 is 0 Å². The molecular weight excluding hydrogens is 415 g/mol. The highest BCUT2D eigenvalue weighted by molar-refractivity contribution is 6.30. The van der Waals surface area contributed by atoms with Crippen molar-refractivity contribution in [3.8, 4) is 11.8 Å². The van der Waals surface area contributed by atoms with Gasteiger partial charge < -0.3 is 10.1 Å². The second-order valence-corrected chi connectivity index (χ2v) is 7.43. The third-order valence-corrected chi connectivity index (χ3v) is 4.96. The van der Waals surface area contributed by atoms with Gasteiger partial charge in [-0.25, -0.2) is 4.39 Å². The van der Waals surface area contributed by atoms with Gasteiger partial charge in [0.1, 0.15) is 29.8 Å². The molecule has 0 aliphatic carbocycles. The summed E-state index contributed by atoms with van der Waals surface area (Å²) in [6.45, 7) is 4.38. The van der Waals surface area contributed by atoms with Crippen molar-refractivity contribution in [1.29, 1.82) is 5.26 Å². The molecule has 0 saturated carbocycles. The van der Waals surface area contributed by atoms with Gasteiger partial charge in [0, 0.05) is 10.6 Å². The molecule has 156 valence electrons. The Morgan fingerprint density at radius 3 is 2.61 bits per heavy atom. The molecule has 0 spiro atoms. The number of para-hydroxylation sites is 1. The van der Waals surface area contributed by atoms with Crippen LogP contribution in [0.1, 0.15) is 22.3 Å². The van der Waals surface area contributed by atoms with E-state index in [0.717, 1.165) is 11.1 Å². The number of halogens is 2. The normalized spacial score (nSPS) is 11.0. The smallest absolute Gasteiger partial charge is 0.266 e. The number of nitriles is 1. The molecular formula is C25H20ClFN2O2. The second kappa shape index (κ2) is 9.92. The minimum Gasteiger partial charge on any atom is -0.488 e. The van der Waals surface area contributed by atoms with Crippen LogP contribution in [0.25, 0.3) is 6.08 Å². The second-order valence-electron chi connectivity index (χ2n) is 6.99. The van der Waals surface area contributed by atoms with E-state index in [1.54, 1.807) is 24.3 Å². The lowest BCUT2D eigenvalue weighted by Crippen LogP contribution is -2.14. The zero-order chi connectivity index (χ0) is 22.4. The SMILES string of the molecule is Cc1ccc(COc2ccc(Cl)cc2/C=C(\C#N)C(=O)Nc2ccccc2F)cc1C. The molecule has 0 unspecified atom stereocenters. The summed E-state index contributed by atoms with van der Waals surface area (Å²) in [5.74, 6) is -0.852. The lowest BCUT2D eigenvalue weighted by atomic mass is 10.1. The van der Waals surface area contributed by atoms with Gasteiger partial charge >= 0.3 is 0 Å². The fourth-order valence-electron chi connectivity index (χ4n) is 2.87. The van der Waals surface area contributed by atoms with Crippen LogP contribution < -0.4 is 10.1 Å². The van der Waals surface area contributed by atoms with Crippen LogP contribution in [0.15, 0.2) is 66.2 Å². The number of aryl methyl sites for hydroxylation is 2. The molecule has 3 aromatic rings. The first-order valence-corrected chi connectivity index (χ1v) is 9.91. The fraction of sp³-hybridized carbons (Fsp3) is 0.120. The molecule has 1 N–H and O–H groups in total. The van der Waals surface area contributed by atoms with Gasteiger partial charge in [-0.2, -0.15) is 5.26 Å². The number of hydrogen-bond acceptors (Lipinski definition) is 3. The standard InChI is InChI=1S/C25H20ClFN2O2/c1-16-7-8-18(11-17(16)2)15-31-24-10-9-21(26)13-19(24)12-20(14-28)25(30)29-23-6-4-3-5-22(23)27/h3-13H,15H2,1-2H3,(H,29,30)/b20-12+. The third-order valence-electron chi connectivity index (χ3n) is 4.72. The maximum atomic E-state index is 13.8. The topological polar surface area (TPSA) is 62.1 Å². The van der Waals surface area contributed by atoms with E-state index < -0.39 is 11.7 Å². The molecule has 6 heteroatoms. The summed E-state index contributed by atoms with van der Waals surface area (Å²) in [6.07, 6.45) is 1.37. The quantitative estimate of drug-likeness (QED) is 0.370. The van der Waals surface area contributed by atoms with Gasteiger partial charge in [0.05, 0.1) is 5.69 Å². The van der Waals surface area contributed by atoms with E-state index in [4.69, 9.17) is 16.3 Å². The Hall–Kier alpha value is -3.62. The summed E-state index contributed by atoms with van der Waals surface area (Å²) in [6, 6.07) is 18.6. The number of carbonyl (C=O) groups is 1. The lowest BCUT2D eigenvalue weighted by molar-refractivity contribution is -0.112. The summed E-state index contributed by atoms with van der Waals surface area (Å²) in [5.41, 5.74) is 3.60. The van der Waals surface area contributed by atoms with Crippen LogP contribution >= 0.6 is 11.6 Å². The molecule has 3 rings (SSSR count). The molecule has 1 amide bonds. The Bertz CT molecular complexity index is 1200. The highest BCUT2D eigenvalue weighted by atomic mass is 35.5. The summed E-state index contributed by atoms with van der Waals surface area (Å²) in [4.78, 5) is 12.5. The molecule has 0 aliphatic rings. The number of benzene rings is 3. The third kappa shape index (κ3) is 5.71. The van der Waals surface area contributed by atoms with Crippen LogP contribution in [-0.2, 0) is 11.4 Å². The molecule has 4 nitrogen and oxygen atoms in total. The first kappa shape index (κ1) is 22.1. The predicted octanol–water partition coefficient (Wildman–Crippen LogP) is 6.22. The maximum absolute atomic E-state index is 13.8. The Morgan fingerprint density at radius 2 is 1.90 bits per heavy atom. The van der Waals surface area contributed by atoms with Crippen molar-refractivity contribution in [2.75, 3.05) is 5.32 Å². The van der Waals surface area contributed by atoms with Crippen molar-refractivity contribution in [3.63, 3.8) is 0 Å². The van der Waals surface area contributed by atoms with E-state index in [1.165, 1.54) is 29.8 Å². The van der Waals surface area contributed by atoms with Crippen molar-refractivity contribution in [2.45, 2.75) is 20.5 Å². The number of ether oxygens (including phenoxy) is 1. The van der Waals surface area contributed by atoms with Crippen LogP contribution in [0, 0.1) is 31.0 Å². The molecule has 0 bridgehead atoms. The molecule has 0 aromatic heterocycles. The van der Waals surface area contributed by atoms with E-state index in [1.807, 2.05) is 38.1 Å². The van der Waals surface area contributed by atoms with E-state index in [2.05, 4.69) is 5.32 Å². The minimum absolute atomic E-state index is 0.00837. The van der Waals surface area contributed by atoms with E-state index in [-0.39, 0.29) is 11.3 Å². The minimum atomic E-state index is -0.729. The first-order chi connectivity index (χ1) is 14.9. The highest BCUT2D eigenvalue weighted by Gasteiger charge is 2.14. The highest BCUT2D eigenvalue weighted by Crippen LogP contribution is 2.27. The number of nitrogens with zero attached hydrogens (tertiary/aromatic N) is 1. The molecule has 0 heterocycles.